The number of halogens is 2. The first-order valence-electron chi connectivity index (χ1n) is 9.67. The minimum Gasteiger partial charge on any atom is -0.489 e. The van der Waals surface area contributed by atoms with Crippen molar-refractivity contribution in [1.82, 2.24) is 24.6 Å². The topological polar surface area (TPSA) is 97.2 Å². The van der Waals surface area contributed by atoms with Crippen molar-refractivity contribution in [2.24, 2.45) is 5.92 Å². The molecule has 3 aromatic heterocycles. The highest BCUT2D eigenvalue weighted by atomic mass is 32.2. The second kappa shape index (κ2) is 7.49. The lowest BCUT2D eigenvalue weighted by Gasteiger charge is -2.14. The summed E-state index contributed by atoms with van der Waals surface area (Å²) in [6.45, 7) is 2.10. The number of fused-ring (bicyclic) bond motifs is 2. The van der Waals surface area contributed by atoms with Gasteiger partial charge in [-0.1, -0.05) is 0 Å². The van der Waals surface area contributed by atoms with E-state index in [-0.39, 0.29) is 18.1 Å². The van der Waals surface area contributed by atoms with E-state index in [2.05, 4.69) is 25.5 Å². The molecule has 1 aromatic carbocycles. The fourth-order valence-corrected chi connectivity index (χ4v) is 4.25. The van der Waals surface area contributed by atoms with E-state index >= 15 is 4.39 Å². The average molecular weight is 444 g/mol. The third-order valence-electron chi connectivity index (χ3n) is 5.15. The molecule has 1 aliphatic rings. The first-order valence-corrected chi connectivity index (χ1v) is 10.9. The molecule has 2 N–H and O–H groups in total. The summed E-state index contributed by atoms with van der Waals surface area (Å²) >= 11 is 1.25. The molecule has 0 aliphatic heterocycles. The number of rotatable bonds is 6. The van der Waals surface area contributed by atoms with E-state index in [9.17, 15) is 9.18 Å². The maximum absolute atomic E-state index is 15.3. The summed E-state index contributed by atoms with van der Waals surface area (Å²) in [6, 6.07) is 0. The van der Waals surface area contributed by atoms with E-state index in [4.69, 9.17) is 4.74 Å². The molecule has 1 saturated carbocycles. The van der Waals surface area contributed by atoms with Crippen molar-refractivity contribution in [3.63, 3.8) is 0 Å². The number of alkyl halides is 1. The number of carbonyl (C=O) groups is 1. The zero-order chi connectivity index (χ0) is 21.7. The summed E-state index contributed by atoms with van der Waals surface area (Å²) < 4.78 is 35.6. The largest absolute Gasteiger partial charge is 0.489 e. The van der Waals surface area contributed by atoms with Crippen LogP contribution in [0.1, 0.15) is 13.3 Å². The van der Waals surface area contributed by atoms with Gasteiger partial charge in [0.2, 0.25) is 5.91 Å². The number of imidazole rings is 1. The second-order valence-electron chi connectivity index (χ2n) is 7.15. The quantitative estimate of drug-likeness (QED) is 0.439. The molecular formula is C20H18F2N6O2S. The number of nitrogens with one attached hydrogen (secondary N) is 2. The van der Waals surface area contributed by atoms with Crippen LogP contribution in [0.5, 0.6) is 5.75 Å². The highest BCUT2D eigenvalue weighted by Crippen LogP contribution is 2.43. The molecule has 0 radical (unpaired) electrons. The van der Waals surface area contributed by atoms with Crippen LogP contribution in [-0.2, 0) is 4.79 Å². The fraction of sp³-hybridized carbons (Fsp3) is 0.300. The van der Waals surface area contributed by atoms with Crippen LogP contribution >= 0.6 is 11.8 Å². The molecule has 1 fully saturated rings. The number of amides is 1. The summed E-state index contributed by atoms with van der Waals surface area (Å²) in [4.78, 5) is 21.1. The number of aromatic amines is 1. The molecule has 11 heteroatoms. The predicted octanol–water partition coefficient (Wildman–Crippen LogP) is 3.83. The highest BCUT2D eigenvalue weighted by Gasteiger charge is 2.43. The van der Waals surface area contributed by atoms with Gasteiger partial charge in [-0.05, 0) is 19.6 Å². The standard InChI is InChI=1S/C20H18F2N6O2S/c1-3-30-18-16(22)19(31-2)15(10-5-24-27-17(10)18)12-7-28-8-13(25-14(28)6-23-12)26-20(29)9-4-11(9)21/h5-9,11H,3-4H2,1-2H3,(H,24,27)(H,26,29)/t9-,11+/m1/s1. The third-order valence-corrected chi connectivity index (χ3v) is 5.94. The Balaban J connectivity index is 1.60. The molecule has 31 heavy (non-hydrogen) atoms. The van der Waals surface area contributed by atoms with Gasteiger partial charge < -0.3 is 14.5 Å². The monoisotopic (exact) mass is 444 g/mol. The molecule has 1 amide bonds. The van der Waals surface area contributed by atoms with E-state index in [1.54, 1.807) is 36.2 Å². The van der Waals surface area contributed by atoms with Crippen LogP contribution in [0, 0.1) is 11.7 Å². The van der Waals surface area contributed by atoms with Gasteiger partial charge in [0.25, 0.3) is 0 Å². The molecule has 3 heterocycles. The van der Waals surface area contributed by atoms with Gasteiger partial charge in [-0.3, -0.25) is 14.9 Å². The number of hydrogen-bond donors (Lipinski definition) is 2. The van der Waals surface area contributed by atoms with Crippen molar-refractivity contribution in [3.05, 3.63) is 30.6 Å². The Morgan fingerprint density at radius 1 is 1.42 bits per heavy atom. The van der Waals surface area contributed by atoms with Crippen molar-refractivity contribution in [2.45, 2.75) is 24.4 Å². The molecule has 0 unspecified atom stereocenters. The average Bonchev–Trinajstić information content (AvgIpc) is 3.13. The number of aromatic nitrogens is 5. The van der Waals surface area contributed by atoms with Crippen molar-refractivity contribution in [3.8, 4) is 17.0 Å². The minimum atomic E-state index is -1.08. The van der Waals surface area contributed by atoms with E-state index in [0.717, 1.165) is 0 Å². The maximum atomic E-state index is 15.3. The van der Waals surface area contributed by atoms with Crippen LogP contribution in [0.15, 0.2) is 29.7 Å². The van der Waals surface area contributed by atoms with Gasteiger partial charge in [0.05, 0.1) is 41.7 Å². The van der Waals surface area contributed by atoms with E-state index < -0.39 is 17.9 Å². The van der Waals surface area contributed by atoms with Crippen molar-refractivity contribution in [2.75, 3.05) is 18.2 Å². The number of thioether (sulfide) groups is 1. The van der Waals surface area contributed by atoms with Gasteiger partial charge in [0, 0.05) is 17.1 Å². The Labute approximate surface area is 179 Å². The lowest BCUT2D eigenvalue weighted by atomic mass is 10.1. The molecule has 160 valence electrons. The Hall–Kier alpha value is -3.21. The maximum Gasteiger partial charge on any atom is 0.231 e. The normalized spacial score (nSPS) is 17.9. The Kier molecular flexibility index (Phi) is 4.77. The SMILES string of the molecule is CCOc1c(F)c(SC)c(-c2cn3cc(NC(=O)[C@@H]4C[C@@H]4F)nc3cn2)c2cn[nH]c12. The van der Waals surface area contributed by atoms with E-state index in [1.165, 1.54) is 18.0 Å². The Morgan fingerprint density at radius 3 is 2.94 bits per heavy atom. The zero-order valence-corrected chi connectivity index (χ0v) is 17.5. The summed E-state index contributed by atoms with van der Waals surface area (Å²) in [7, 11) is 0. The van der Waals surface area contributed by atoms with Crippen molar-refractivity contribution >= 4 is 40.0 Å². The van der Waals surface area contributed by atoms with Crippen LogP contribution in [0.2, 0.25) is 0 Å². The second-order valence-corrected chi connectivity index (χ2v) is 7.97. The van der Waals surface area contributed by atoms with Gasteiger partial charge in [0.15, 0.2) is 23.0 Å². The molecule has 2 atom stereocenters. The van der Waals surface area contributed by atoms with Crippen molar-refractivity contribution in [1.29, 1.82) is 0 Å². The Bertz CT molecular complexity index is 1320. The molecule has 8 nitrogen and oxygen atoms in total. The number of hydrogen-bond acceptors (Lipinski definition) is 6. The number of nitrogens with zero attached hydrogens (tertiary/aromatic N) is 4. The van der Waals surface area contributed by atoms with Gasteiger partial charge in [-0.25, -0.2) is 13.8 Å². The van der Waals surface area contributed by atoms with Crippen LogP contribution < -0.4 is 10.1 Å². The van der Waals surface area contributed by atoms with Crippen LogP contribution in [-0.4, -0.2) is 49.5 Å². The molecule has 0 saturated heterocycles. The van der Waals surface area contributed by atoms with Crippen LogP contribution in [0.25, 0.3) is 27.8 Å². The summed E-state index contributed by atoms with van der Waals surface area (Å²) in [6.07, 6.45) is 7.40. The Morgan fingerprint density at radius 2 is 2.23 bits per heavy atom. The van der Waals surface area contributed by atoms with Crippen LogP contribution in [0.4, 0.5) is 14.6 Å². The molecule has 5 rings (SSSR count). The first-order chi connectivity index (χ1) is 15.0. The lowest BCUT2D eigenvalue weighted by Crippen LogP contribution is -2.15. The molecule has 4 aromatic rings. The number of H-pyrrole nitrogens is 1. The molecule has 0 bridgehead atoms. The molecular weight excluding hydrogens is 426 g/mol. The van der Waals surface area contributed by atoms with Gasteiger partial charge in [-0.2, -0.15) is 5.10 Å². The fourth-order valence-electron chi connectivity index (χ4n) is 3.56. The van der Waals surface area contributed by atoms with Crippen molar-refractivity contribution < 1.29 is 18.3 Å². The number of carbonyl (C=O) groups excluding carboxylic acids is 1. The molecule has 1 aliphatic carbocycles. The third kappa shape index (κ3) is 3.29. The molecule has 0 spiro atoms. The summed E-state index contributed by atoms with van der Waals surface area (Å²) in [5, 5.41) is 10.2. The van der Waals surface area contributed by atoms with E-state index in [1.807, 2.05) is 0 Å². The van der Waals surface area contributed by atoms with Gasteiger partial charge in [-0.15, -0.1) is 11.8 Å². The van der Waals surface area contributed by atoms with Crippen LogP contribution in [0.3, 0.4) is 0 Å². The van der Waals surface area contributed by atoms with Gasteiger partial charge in [0.1, 0.15) is 11.7 Å². The van der Waals surface area contributed by atoms with Gasteiger partial charge >= 0.3 is 0 Å². The first kappa shape index (κ1) is 19.7. The minimum absolute atomic E-state index is 0.128. The van der Waals surface area contributed by atoms with E-state index in [0.29, 0.717) is 45.1 Å². The summed E-state index contributed by atoms with van der Waals surface area (Å²) in [5.41, 5.74) is 2.04. The zero-order valence-electron chi connectivity index (χ0n) is 16.6. The number of anilines is 1. The summed E-state index contributed by atoms with van der Waals surface area (Å²) in [5.74, 6) is -1.04. The smallest absolute Gasteiger partial charge is 0.231 e. The number of ether oxygens (including phenoxy) is 1. The predicted molar refractivity (Wildman–Crippen MR) is 113 cm³/mol. The highest BCUT2D eigenvalue weighted by molar-refractivity contribution is 7.98. The lowest BCUT2D eigenvalue weighted by molar-refractivity contribution is -0.117. The number of benzene rings is 1.